The van der Waals surface area contributed by atoms with Gasteiger partial charge in [0.1, 0.15) is 0 Å². The number of hydrogen-bond acceptors (Lipinski definition) is 4. The maximum absolute atomic E-state index is 12.4. The van der Waals surface area contributed by atoms with Crippen molar-refractivity contribution in [2.24, 2.45) is 13.0 Å². The SMILES string of the molecule is Cn1ccnc1C(=O)C1CC2CCCC(C1)S2(=O)=O. The number of rotatable bonds is 2. The molecule has 2 atom stereocenters. The average Bonchev–Trinajstić information content (AvgIpc) is 2.73. The molecule has 2 aliphatic rings. The molecule has 2 aliphatic heterocycles. The monoisotopic (exact) mass is 282 g/mol. The molecule has 2 bridgehead atoms. The first-order valence-electron chi connectivity index (χ1n) is 6.74. The van der Waals surface area contributed by atoms with Gasteiger partial charge in [-0.3, -0.25) is 4.79 Å². The molecule has 5 nitrogen and oxygen atoms in total. The zero-order chi connectivity index (χ0) is 13.6. The van der Waals surface area contributed by atoms with Gasteiger partial charge in [0.2, 0.25) is 5.78 Å². The quantitative estimate of drug-likeness (QED) is 0.768. The highest BCUT2D eigenvalue weighted by atomic mass is 32.2. The van der Waals surface area contributed by atoms with E-state index in [1.54, 1.807) is 24.0 Å². The number of aryl methyl sites for hydroxylation is 1. The number of nitrogens with zero attached hydrogens (tertiary/aromatic N) is 2. The second kappa shape index (κ2) is 4.44. The van der Waals surface area contributed by atoms with Crippen LogP contribution in [0.4, 0.5) is 0 Å². The molecule has 1 aromatic rings. The van der Waals surface area contributed by atoms with E-state index >= 15 is 0 Å². The Morgan fingerprint density at radius 3 is 2.47 bits per heavy atom. The molecule has 0 radical (unpaired) electrons. The van der Waals surface area contributed by atoms with E-state index in [2.05, 4.69) is 4.98 Å². The predicted molar refractivity (Wildman–Crippen MR) is 70.6 cm³/mol. The maximum atomic E-state index is 12.4. The van der Waals surface area contributed by atoms with Crippen LogP contribution < -0.4 is 0 Å². The van der Waals surface area contributed by atoms with Crippen molar-refractivity contribution in [1.82, 2.24) is 9.55 Å². The Bertz CT molecular complexity index is 585. The van der Waals surface area contributed by atoms with Crippen LogP contribution in [0.5, 0.6) is 0 Å². The Hall–Kier alpha value is -1.17. The summed E-state index contributed by atoms with van der Waals surface area (Å²) in [6.07, 6.45) is 6.69. The number of imidazole rings is 1. The Labute approximate surface area is 112 Å². The summed E-state index contributed by atoms with van der Waals surface area (Å²) in [5.74, 6) is 0.265. The molecule has 3 heterocycles. The summed E-state index contributed by atoms with van der Waals surface area (Å²) in [4.78, 5) is 16.5. The van der Waals surface area contributed by atoms with Crippen LogP contribution in [0.3, 0.4) is 0 Å². The van der Waals surface area contributed by atoms with E-state index in [1.165, 1.54) is 0 Å². The molecule has 1 aromatic heterocycles. The molecule has 0 aliphatic carbocycles. The van der Waals surface area contributed by atoms with Gasteiger partial charge in [0.15, 0.2) is 15.7 Å². The van der Waals surface area contributed by atoms with Crippen LogP contribution in [0.25, 0.3) is 0 Å². The number of fused-ring (bicyclic) bond motifs is 2. The fourth-order valence-electron chi connectivity index (χ4n) is 3.41. The van der Waals surface area contributed by atoms with E-state index in [9.17, 15) is 13.2 Å². The molecule has 0 N–H and O–H groups in total. The smallest absolute Gasteiger partial charge is 0.201 e. The van der Waals surface area contributed by atoms with Gasteiger partial charge in [-0.2, -0.15) is 0 Å². The van der Waals surface area contributed by atoms with Crippen LogP contribution in [-0.4, -0.2) is 34.3 Å². The van der Waals surface area contributed by atoms with E-state index in [4.69, 9.17) is 0 Å². The minimum atomic E-state index is -2.99. The van der Waals surface area contributed by atoms with E-state index in [-0.39, 0.29) is 22.2 Å². The largest absolute Gasteiger partial charge is 0.332 e. The average molecular weight is 282 g/mol. The molecule has 2 unspecified atom stereocenters. The number of Topliss-reactive ketones (excluding diaryl/α,β-unsaturated/α-hetero) is 1. The number of aromatic nitrogens is 2. The predicted octanol–water partition coefficient (Wildman–Crippen LogP) is 1.35. The van der Waals surface area contributed by atoms with Crippen LogP contribution in [-0.2, 0) is 16.9 Å². The molecular weight excluding hydrogens is 264 g/mol. The number of carbonyl (C=O) groups is 1. The summed E-state index contributed by atoms with van der Waals surface area (Å²) in [5.41, 5.74) is 0. The van der Waals surface area contributed by atoms with E-state index in [1.807, 2.05) is 0 Å². The molecule has 0 spiro atoms. The third-order valence-electron chi connectivity index (χ3n) is 4.49. The summed E-state index contributed by atoms with van der Waals surface area (Å²) < 4.78 is 26.1. The Morgan fingerprint density at radius 2 is 1.95 bits per heavy atom. The van der Waals surface area contributed by atoms with Gasteiger partial charge in [-0.25, -0.2) is 13.4 Å². The molecular formula is C13H18N2O3S. The van der Waals surface area contributed by atoms with Gasteiger partial charge in [0, 0.05) is 25.4 Å². The van der Waals surface area contributed by atoms with Gasteiger partial charge >= 0.3 is 0 Å². The molecule has 104 valence electrons. The molecule has 2 fully saturated rings. The van der Waals surface area contributed by atoms with Crippen molar-refractivity contribution >= 4 is 15.6 Å². The third-order valence-corrected chi connectivity index (χ3v) is 7.20. The Balaban J connectivity index is 1.86. The number of hydrogen-bond donors (Lipinski definition) is 0. The third kappa shape index (κ3) is 2.02. The zero-order valence-electron chi connectivity index (χ0n) is 10.9. The standard InChI is InChI=1S/C13H18N2O3S/c1-15-6-5-14-13(15)12(16)9-7-10-3-2-4-11(8-9)19(10,17)18/h5-6,9-11H,2-4,7-8H2,1H3. The van der Waals surface area contributed by atoms with Crippen molar-refractivity contribution in [3.05, 3.63) is 18.2 Å². The first-order valence-corrected chi connectivity index (χ1v) is 8.35. The number of carbonyl (C=O) groups excluding carboxylic acids is 1. The van der Waals surface area contributed by atoms with Gasteiger partial charge < -0.3 is 4.57 Å². The Kier molecular flexibility index (Phi) is 3.00. The summed E-state index contributed by atoms with van der Waals surface area (Å²) in [6.45, 7) is 0. The minimum Gasteiger partial charge on any atom is -0.332 e. The van der Waals surface area contributed by atoms with Gasteiger partial charge in [0.05, 0.1) is 10.5 Å². The number of ketones is 1. The normalized spacial score (nSPS) is 33.0. The molecule has 6 heteroatoms. The molecule has 3 rings (SSSR count). The van der Waals surface area contributed by atoms with Gasteiger partial charge in [0.25, 0.3) is 0 Å². The minimum absolute atomic E-state index is 0.000648. The van der Waals surface area contributed by atoms with E-state index < -0.39 is 9.84 Å². The molecule has 2 saturated heterocycles. The van der Waals surface area contributed by atoms with Crippen molar-refractivity contribution in [3.63, 3.8) is 0 Å². The second-order valence-electron chi connectivity index (χ2n) is 5.66. The molecule has 19 heavy (non-hydrogen) atoms. The summed E-state index contributed by atoms with van der Waals surface area (Å²) >= 11 is 0. The van der Waals surface area contributed by atoms with Crippen molar-refractivity contribution in [3.8, 4) is 0 Å². The maximum Gasteiger partial charge on any atom is 0.201 e. The summed E-state index contributed by atoms with van der Waals surface area (Å²) in [5, 5.41) is -0.622. The van der Waals surface area contributed by atoms with Crippen LogP contribution in [0.15, 0.2) is 12.4 Å². The summed E-state index contributed by atoms with van der Waals surface area (Å²) in [6, 6.07) is 0. The van der Waals surface area contributed by atoms with Gasteiger partial charge in [-0.05, 0) is 25.7 Å². The number of sulfone groups is 1. The lowest BCUT2D eigenvalue weighted by Crippen LogP contribution is -2.45. The van der Waals surface area contributed by atoms with Crippen molar-refractivity contribution in [1.29, 1.82) is 0 Å². The van der Waals surface area contributed by atoms with E-state index in [0.717, 1.165) is 6.42 Å². The molecule has 0 amide bonds. The highest BCUT2D eigenvalue weighted by Crippen LogP contribution is 2.40. The second-order valence-corrected chi connectivity index (χ2v) is 8.17. The fraction of sp³-hybridized carbons (Fsp3) is 0.692. The first kappa shape index (κ1) is 12.8. The van der Waals surface area contributed by atoms with Crippen molar-refractivity contribution < 1.29 is 13.2 Å². The summed E-state index contributed by atoms with van der Waals surface area (Å²) in [7, 11) is -1.20. The highest BCUT2D eigenvalue weighted by molar-refractivity contribution is 7.92. The van der Waals surface area contributed by atoms with Crippen LogP contribution in [0, 0.1) is 5.92 Å². The Morgan fingerprint density at radius 1 is 1.32 bits per heavy atom. The fourth-order valence-corrected chi connectivity index (χ4v) is 5.94. The van der Waals surface area contributed by atoms with Crippen molar-refractivity contribution in [2.45, 2.75) is 42.6 Å². The van der Waals surface area contributed by atoms with E-state index in [0.29, 0.717) is 31.5 Å². The van der Waals surface area contributed by atoms with Gasteiger partial charge in [-0.1, -0.05) is 6.42 Å². The van der Waals surface area contributed by atoms with Crippen molar-refractivity contribution in [2.75, 3.05) is 0 Å². The lowest BCUT2D eigenvalue weighted by atomic mass is 9.86. The van der Waals surface area contributed by atoms with Crippen LogP contribution >= 0.6 is 0 Å². The highest BCUT2D eigenvalue weighted by Gasteiger charge is 2.46. The topological polar surface area (TPSA) is 69.0 Å². The lowest BCUT2D eigenvalue weighted by Gasteiger charge is -2.37. The first-order chi connectivity index (χ1) is 9.00. The van der Waals surface area contributed by atoms with Gasteiger partial charge in [-0.15, -0.1) is 0 Å². The van der Waals surface area contributed by atoms with Crippen LogP contribution in [0.1, 0.15) is 42.7 Å². The van der Waals surface area contributed by atoms with Crippen LogP contribution in [0.2, 0.25) is 0 Å². The molecule has 0 saturated carbocycles. The molecule has 0 aromatic carbocycles. The lowest BCUT2D eigenvalue weighted by molar-refractivity contribution is 0.0880. The zero-order valence-corrected chi connectivity index (χ0v) is 11.8.